The van der Waals surface area contributed by atoms with E-state index in [2.05, 4.69) is 6.92 Å². The number of carbonyl (C=O) groups is 2. The van der Waals surface area contributed by atoms with Crippen LogP contribution in [0.3, 0.4) is 0 Å². The summed E-state index contributed by atoms with van der Waals surface area (Å²) in [5, 5.41) is 9.30. The Balaban J connectivity index is 3.85. The van der Waals surface area contributed by atoms with E-state index in [9.17, 15) is 9.59 Å². The first-order valence-corrected chi connectivity index (χ1v) is 12.0. The predicted molar refractivity (Wildman–Crippen MR) is 115 cm³/mol. The second-order valence-electron chi connectivity index (χ2n) is 7.43. The lowest BCUT2D eigenvalue weighted by atomic mass is 10.0. The van der Waals surface area contributed by atoms with E-state index in [0.717, 1.165) is 31.4 Å². The van der Waals surface area contributed by atoms with E-state index in [-0.39, 0.29) is 12.4 Å². The first-order chi connectivity index (χ1) is 13.1. The van der Waals surface area contributed by atoms with E-state index in [1.807, 2.05) is 11.8 Å². The molecule has 0 aliphatic heterocycles. The quantitative estimate of drug-likeness (QED) is 0.183. The average molecular weight is 403 g/mol. The van der Waals surface area contributed by atoms with Gasteiger partial charge in [0.05, 0.1) is 13.5 Å². The van der Waals surface area contributed by atoms with Gasteiger partial charge in [0.15, 0.2) is 0 Å². The Kier molecular flexibility index (Phi) is 19.5. The number of unbranched alkanes of at least 4 members (excludes halogenated alkanes) is 10. The van der Waals surface area contributed by atoms with Gasteiger partial charge in [0.25, 0.3) is 0 Å². The van der Waals surface area contributed by atoms with Crippen LogP contribution in [0.5, 0.6) is 0 Å². The Morgan fingerprint density at radius 2 is 1.33 bits per heavy atom. The molecule has 0 radical (unpaired) electrons. The lowest BCUT2D eigenvalue weighted by Crippen LogP contribution is -2.07. The molecule has 1 atom stereocenters. The van der Waals surface area contributed by atoms with Crippen molar-refractivity contribution < 1.29 is 19.4 Å². The first kappa shape index (κ1) is 26.3. The van der Waals surface area contributed by atoms with E-state index in [1.165, 1.54) is 71.3 Å². The van der Waals surface area contributed by atoms with E-state index >= 15 is 0 Å². The summed E-state index contributed by atoms with van der Waals surface area (Å²) in [6, 6.07) is 0. The van der Waals surface area contributed by atoms with Crippen LogP contribution < -0.4 is 0 Å². The number of carboxylic acids is 1. The van der Waals surface area contributed by atoms with Crippen molar-refractivity contribution in [3.05, 3.63) is 0 Å². The maximum absolute atomic E-state index is 11.3. The van der Waals surface area contributed by atoms with Crippen LogP contribution in [0.1, 0.15) is 110 Å². The molecule has 27 heavy (non-hydrogen) atoms. The molecule has 0 saturated carbocycles. The summed E-state index contributed by atoms with van der Waals surface area (Å²) in [4.78, 5) is 21.9. The Bertz CT molecular complexity index is 360. The third-order valence-corrected chi connectivity index (χ3v) is 6.32. The van der Waals surface area contributed by atoms with Gasteiger partial charge in [0.2, 0.25) is 0 Å². The summed E-state index contributed by atoms with van der Waals surface area (Å²) >= 11 is 1.89. The van der Waals surface area contributed by atoms with Gasteiger partial charge in [-0.3, -0.25) is 9.59 Å². The Hall–Kier alpha value is -0.710. The lowest BCUT2D eigenvalue weighted by Gasteiger charge is -2.16. The van der Waals surface area contributed by atoms with Crippen molar-refractivity contribution in [1.29, 1.82) is 0 Å². The molecule has 0 rings (SSSR count). The number of ether oxygens (including phenoxy) is 1. The van der Waals surface area contributed by atoms with Crippen molar-refractivity contribution in [3.63, 3.8) is 0 Å². The number of hydrogen-bond acceptors (Lipinski definition) is 4. The fourth-order valence-corrected chi connectivity index (χ4v) is 4.51. The predicted octanol–water partition coefficient (Wildman–Crippen LogP) is 6.61. The Morgan fingerprint density at radius 3 is 1.85 bits per heavy atom. The fraction of sp³-hybridized carbons (Fsp3) is 0.909. The normalized spacial score (nSPS) is 12.1. The highest BCUT2D eigenvalue weighted by Gasteiger charge is 2.11. The highest BCUT2D eigenvalue weighted by Crippen LogP contribution is 2.25. The van der Waals surface area contributed by atoms with Crippen LogP contribution in [0.2, 0.25) is 0 Å². The maximum Gasteiger partial charge on any atom is 0.306 e. The largest absolute Gasteiger partial charge is 0.481 e. The van der Waals surface area contributed by atoms with Crippen molar-refractivity contribution in [2.45, 2.75) is 115 Å². The molecular weight excluding hydrogens is 360 g/mol. The number of thioether (sulfide) groups is 1. The van der Waals surface area contributed by atoms with Gasteiger partial charge in [-0.1, -0.05) is 77.6 Å². The van der Waals surface area contributed by atoms with Gasteiger partial charge in [0, 0.05) is 17.4 Å². The van der Waals surface area contributed by atoms with Crippen molar-refractivity contribution in [2.24, 2.45) is 0 Å². The van der Waals surface area contributed by atoms with Gasteiger partial charge in [0.1, 0.15) is 0 Å². The molecule has 0 saturated heterocycles. The summed E-state index contributed by atoms with van der Waals surface area (Å²) in [5.41, 5.74) is 0. The van der Waals surface area contributed by atoms with Crippen LogP contribution in [-0.4, -0.2) is 35.2 Å². The zero-order valence-electron chi connectivity index (χ0n) is 17.7. The third-order valence-electron chi connectivity index (χ3n) is 4.93. The summed E-state index contributed by atoms with van der Waals surface area (Å²) in [6.45, 7) is 2.26. The Labute approximate surface area is 171 Å². The zero-order valence-corrected chi connectivity index (χ0v) is 18.5. The van der Waals surface area contributed by atoms with Crippen LogP contribution in [-0.2, 0) is 14.3 Å². The number of carbonyl (C=O) groups excluding carboxylic acids is 1. The smallest absolute Gasteiger partial charge is 0.306 e. The Morgan fingerprint density at radius 1 is 0.815 bits per heavy atom. The average Bonchev–Trinajstić information content (AvgIpc) is 2.65. The molecule has 0 heterocycles. The molecule has 4 nitrogen and oxygen atoms in total. The molecule has 160 valence electrons. The molecular formula is C22H42O4S. The van der Waals surface area contributed by atoms with Crippen molar-refractivity contribution in [1.82, 2.24) is 0 Å². The van der Waals surface area contributed by atoms with Crippen molar-refractivity contribution >= 4 is 23.7 Å². The first-order valence-electron chi connectivity index (χ1n) is 11.0. The standard InChI is InChI=1S/C22H42O4S/c1-3-4-5-6-7-8-9-10-12-15-20(27-19-18-22(25)26-2)16-13-11-14-17-21(23)24/h20H,3-19H2,1-2H3,(H,23,24). The lowest BCUT2D eigenvalue weighted by molar-refractivity contribution is -0.140. The topological polar surface area (TPSA) is 63.6 Å². The number of aliphatic carboxylic acids is 1. The van der Waals surface area contributed by atoms with Crippen molar-refractivity contribution in [2.75, 3.05) is 12.9 Å². The number of methoxy groups -OCH3 is 1. The molecule has 0 aromatic heterocycles. The second-order valence-corrected chi connectivity index (χ2v) is 8.84. The van der Waals surface area contributed by atoms with Crippen LogP contribution >= 0.6 is 11.8 Å². The van der Waals surface area contributed by atoms with Gasteiger partial charge >= 0.3 is 11.9 Å². The van der Waals surface area contributed by atoms with Gasteiger partial charge in [-0.2, -0.15) is 11.8 Å². The van der Waals surface area contributed by atoms with E-state index < -0.39 is 5.97 Å². The molecule has 0 spiro atoms. The van der Waals surface area contributed by atoms with Crippen LogP contribution in [0.4, 0.5) is 0 Å². The van der Waals surface area contributed by atoms with Gasteiger partial charge in [-0.05, 0) is 19.3 Å². The molecule has 1 N–H and O–H groups in total. The minimum atomic E-state index is -0.700. The van der Waals surface area contributed by atoms with Crippen LogP contribution in [0.25, 0.3) is 0 Å². The van der Waals surface area contributed by atoms with Crippen molar-refractivity contribution in [3.8, 4) is 0 Å². The molecule has 0 amide bonds. The summed E-state index contributed by atoms with van der Waals surface area (Å²) in [5.74, 6) is -0.0105. The number of esters is 1. The number of rotatable bonds is 20. The van der Waals surface area contributed by atoms with E-state index in [0.29, 0.717) is 11.7 Å². The highest BCUT2D eigenvalue weighted by atomic mass is 32.2. The molecule has 0 bridgehead atoms. The minimum absolute atomic E-state index is 0.134. The molecule has 0 aromatic carbocycles. The van der Waals surface area contributed by atoms with Gasteiger partial charge < -0.3 is 9.84 Å². The molecule has 0 aliphatic rings. The van der Waals surface area contributed by atoms with Gasteiger partial charge in [-0.15, -0.1) is 0 Å². The maximum atomic E-state index is 11.3. The monoisotopic (exact) mass is 402 g/mol. The zero-order chi connectivity index (χ0) is 20.2. The summed E-state index contributed by atoms with van der Waals surface area (Å²) in [7, 11) is 1.44. The highest BCUT2D eigenvalue weighted by molar-refractivity contribution is 7.99. The fourth-order valence-electron chi connectivity index (χ4n) is 3.23. The molecule has 0 aromatic rings. The number of carboxylic acid groups (broad SMARTS) is 1. The van der Waals surface area contributed by atoms with Crippen LogP contribution in [0.15, 0.2) is 0 Å². The molecule has 0 fully saturated rings. The van der Waals surface area contributed by atoms with E-state index in [1.54, 1.807) is 0 Å². The molecule has 1 unspecified atom stereocenters. The van der Waals surface area contributed by atoms with Crippen LogP contribution in [0, 0.1) is 0 Å². The second kappa shape index (κ2) is 20.0. The summed E-state index contributed by atoms with van der Waals surface area (Å²) in [6.07, 6.45) is 18.0. The number of hydrogen-bond donors (Lipinski definition) is 1. The summed E-state index contributed by atoms with van der Waals surface area (Å²) < 4.78 is 4.72. The third kappa shape index (κ3) is 19.8. The van der Waals surface area contributed by atoms with Gasteiger partial charge in [-0.25, -0.2) is 0 Å². The molecule has 0 aliphatic carbocycles. The minimum Gasteiger partial charge on any atom is -0.481 e. The SMILES string of the molecule is CCCCCCCCCCCC(CCCCCC(=O)O)SCCC(=O)OC. The van der Waals surface area contributed by atoms with E-state index in [4.69, 9.17) is 9.84 Å². The molecule has 5 heteroatoms.